The first-order valence-electron chi connectivity index (χ1n) is 10.9. The SMILES string of the molecule is O=C(Cn1c(-c2ccccc2)cc2ccccc21)NC1CCN(C(=O)c2ccoc2)CC1. The summed E-state index contributed by atoms with van der Waals surface area (Å²) in [5.74, 6) is -0.0296. The lowest BCUT2D eigenvalue weighted by Gasteiger charge is -2.32. The van der Waals surface area contributed by atoms with E-state index >= 15 is 0 Å². The first-order chi connectivity index (χ1) is 15.7. The van der Waals surface area contributed by atoms with Crippen LogP contribution in [0.5, 0.6) is 0 Å². The van der Waals surface area contributed by atoms with Gasteiger partial charge in [0, 0.05) is 35.7 Å². The maximum absolute atomic E-state index is 13.0. The molecule has 1 fully saturated rings. The normalized spacial score (nSPS) is 14.6. The summed E-state index contributed by atoms with van der Waals surface area (Å²) in [7, 11) is 0. The van der Waals surface area contributed by atoms with Crippen LogP contribution >= 0.6 is 0 Å². The molecule has 2 aromatic carbocycles. The summed E-state index contributed by atoms with van der Waals surface area (Å²) in [6.45, 7) is 1.50. The number of furan rings is 1. The fourth-order valence-electron chi connectivity index (χ4n) is 4.44. The van der Waals surface area contributed by atoms with Crippen molar-refractivity contribution in [1.82, 2.24) is 14.8 Å². The van der Waals surface area contributed by atoms with Gasteiger partial charge in [-0.05, 0) is 36.6 Å². The van der Waals surface area contributed by atoms with Crippen molar-refractivity contribution in [3.8, 4) is 11.3 Å². The Morgan fingerprint density at radius 2 is 1.72 bits per heavy atom. The molecule has 0 bridgehead atoms. The predicted octanol–water partition coefficient (Wildman–Crippen LogP) is 4.32. The van der Waals surface area contributed by atoms with Crippen LogP contribution in [-0.2, 0) is 11.3 Å². The van der Waals surface area contributed by atoms with Gasteiger partial charge >= 0.3 is 0 Å². The second-order valence-corrected chi connectivity index (χ2v) is 8.19. The van der Waals surface area contributed by atoms with Crippen molar-refractivity contribution >= 4 is 22.7 Å². The van der Waals surface area contributed by atoms with Crippen LogP contribution in [0, 0.1) is 0 Å². The van der Waals surface area contributed by atoms with Crippen molar-refractivity contribution in [2.75, 3.05) is 13.1 Å². The fraction of sp³-hybridized carbons (Fsp3) is 0.231. The molecule has 1 N–H and O–H groups in total. The van der Waals surface area contributed by atoms with E-state index in [9.17, 15) is 9.59 Å². The maximum Gasteiger partial charge on any atom is 0.257 e. The van der Waals surface area contributed by atoms with E-state index in [-0.39, 0.29) is 24.4 Å². The number of carbonyl (C=O) groups excluding carboxylic acids is 2. The number of hydrogen-bond acceptors (Lipinski definition) is 3. The number of nitrogens with zero attached hydrogens (tertiary/aromatic N) is 2. The first kappa shape index (κ1) is 20.1. The van der Waals surface area contributed by atoms with Gasteiger partial charge in [0.05, 0.1) is 11.8 Å². The average molecular weight is 428 g/mol. The molecule has 0 atom stereocenters. The van der Waals surface area contributed by atoms with E-state index in [0.29, 0.717) is 18.7 Å². The molecule has 0 unspecified atom stereocenters. The lowest BCUT2D eigenvalue weighted by atomic mass is 10.0. The van der Waals surface area contributed by atoms with Gasteiger partial charge in [-0.3, -0.25) is 9.59 Å². The van der Waals surface area contributed by atoms with Crippen LogP contribution in [-0.4, -0.2) is 40.4 Å². The summed E-state index contributed by atoms with van der Waals surface area (Å²) in [5, 5.41) is 4.29. The number of nitrogens with one attached hydrogen (secondary N) is 1. The molecule has 6 heteroatoms. The molecule has 0 spiro atoms. The molecule has 2 aromatic heterocycles. The Morgan fingerprint density at radius 3 is 2.47 bits per heavy atom. The zero-order valence-electron chi connectivity index (χ0n) is 17.7. The van der Waals surface area contributed by atoms with E-state index in [0.717, 1.165) is 35.0 Å². The molecule has 162 valence electrons. The Morgan fingerprint density at radius 1 is 0.969 bits per heavy atom. The van der Waals surface area contributed by atoms with E-state index in [2.05, 4.69) is 40.2 Å². The highest BCUT2D eigenvalue weighted by Crippen LogP contribution is 2.28. The van der Waals surface area contributed by atoms with E-state index in [4.69, 9.17) is 4.42 Å². The first-order valence-corrected chi connectivity index (χ1v) is 10.9. The lowest BCUT2D eigenvalue weighted by molar-refractivity contribution is -0.122. The van der Waals surface area contributed by atoms with Crippen molar-refractivity contribution < 1.29 is 14.0 Å². The van der Waals surface area contributed by atoms with Crippen molar-refractivity contribution in [1.29, 1.82) is 0 Å². The fourth-order valence-corrected chi connectivity index (χ4v) is 4.44. The van der Waals surface area contributed by atoms with Crippen LogP contribution in [0.3, 0.4) is 0 Å². The molecular formula is C26H25N3O3. The summed E-state index contributed by atoms with van der Waals surface area (Å²) >= 11 is 0. The van der Waals surface area contributed by atoms with Gasteiger partial charge in [-0.1, -0.05) is 48.5 Å². The number of rotatable bonds is 5. The highest BCUT2D eigenvalue weighted by atomic mass is 16.3. The third-order valence-electron chi connectivity index (χ3n) is 6.10. The Labute approximate surface area is 186 Å². The van der Waals surface area contributed by atoms with Crippen LogP contribution in [0.25, 0.3) is 22.2 Å². The van der Waals surface area contributed by atoms with Crippen LogP contribution in [0.2, 0.25) is 0 Å². The van der Waals surface area contributed by atoms with E-state index in [1.165, 1.54) is 12.5 Å². The summed E-state index contributed by atoms with van der Waals surface area (Å²) < 4.78 is 7.10. The highest BCUT2D eigenvalue weighted by molar-refractivity contribution is 5.94. The summed E-state index contributed by atoms with van der Waals surface area (Å²) in [4.78, 5) is 27.3. The van der Waals surface area contributed by atoms with Crippen molar-refractivity contribution in [3.05, 3.63) is 84.8 Å². The zero-order valence-corrected chi connectivity index (χ0v) is 17.7. The van der Waals surface area contributed by atoms with Gasteiger partial charge < -0.3 is 19.2 Å². The molecule has 5 rings (SSSR count). The monoisotopic (exact) mass is 427 g/mol. The largest absolute Gasteiger partial charge is 0.472 e. The molecule has 2 amide bonds. The second-order valence-electron chi connectivity index (χ2n) is 8.19. The maximum atomic E-state index is 13.0. The number of aromatic nitrogens is 1. The summed E-state index contributed by atoms with van der Waals surface area (Å²) in [6, 6.07) is 22.2. The van der Waals surface area contributed by atoms with E-state index in [1.54, 1.807) is 6.07 Å². The number of likely N-dealkylation sites (tertiary alicyclic amines) is 1. The number of para-hydroxylation sites is 1. The Balaban J connectivity index is 1.27. The minimum Gasteiger partial charge on any atom is -0.472 e. The molecule has 32 heavy (non-hydrogen) atoms. The number of benzene rings is 2. The third kappa shape index (κ3) is 4.04. The van der Waals surface area contributed by atoms with E-state index in [1.807, 2.05) is 35.2 Å². The van der Waals surface area contributed by atoms with Gasteiger partial charge in [0.25, 0.3) is 5.91 Å². The number of hydrogen-bond donors (Lipinski definition) is 1. The molecule has 0 aliphatic carbocycles. The van der Waals surface area contributed by atoms with E-state index < -0.39 is 0 Å². The average Bonchev–Trinajstić information content (AvgIpc) is 3.49. The minimum absolute atomic E-state index is 0.0110. The predicted molar refractivity (Wildman–Crippen MR) is 123 cm³/mol. The summed E-state index contributed by atoms with van der Waals surface area (Å²) in [6.07, 6.45) is 4.47. The topological polar surface area (TPSA) is 67.5 Å². The van der Waals surface area contributed by atoms with Crippen molar-refractivity contribution in [2.45, 2.75) is 25.4 Å². The van der Waals surface area contributed by atoms with Crippen LogP contribution in [0.4, 0.5) is 0 Å². The smallest absolute Gasteiger partial charge is 0.257 e. The summed E-state index contributed by atoms with van der Waals surface area (Å²) in [5.41, 5.74) is 3.73. The van der Waals surface area contributed by atoms with Gasteiger partial charge in [0.2, 0.25) is 5.91 Å². The molecule has 0 saturated carbocycles. The Hall–Kier alpha value is -3.80. The van der Waals surface area contributed by atoms with Crippen LogP contribution in [0.1, 0.15) is 23.2 Å². The van der Waals surface area contributed by atoms with Gasteiger partial charge in [-0.2, -0.15) is 0 Å². The van der Waals surface area contributed by atoms with Gasteiger partial charge in [0.15, 0.2) is 0 Å². The molecule has 0 radical (unpaired) electrons. The molecule has 4 aromatic rings. The number of amides is 2. The van der Waals surface area contributed by atoms with Gasteiger partial charge in [0.1, 0.15) is 12.8 Å². The highest BCUT2D eigenvalue weighted by Gasteiger charge is 2.25. The number of carbonyl (C=O) groups is 2. The van der Waals surface area contributed by atoms with Crippen LogP contribution in [0.15, 0.2) is 83.7 Å². The van der Waals surface area contributed by atoms with Crippen molar-refractivity contribution in [2.24, 2.45) is 0 Å². The lowest BCUT2D eigenvalue weighted by Crippen LogP contribution is -2.47. The number of piperidine rings is 1. The second kappa shape index (κ2) is 8.75. The Kier molecular flexibility index (Phi) is 5.50. The molecule has 3 heterocycles. The molecular weight excluding hydrogens is 402 g/mol. The molecule has 1 saturated heterocycles. The van der Waals surface area contributed by atoms with Crippen molar-refractivity contribution in [3.63, 3.8) is 0 Å². The third-order valence-corrected chi connectivity index (χ3v) is 6.10. The quantitative estimate of drug-likeness (QED) is 0.516. The molecule has 1 aliphatic rings. The van der Waals surface area contributed by atoms with Gasteiger partial charge in [-0.25, -0.2) is 0 Å². The van der Waals surface area contributed by atoms with Crippen LogP contribution < -0.4 is 5.32 Å². The minimum atomic E-state index is -0.0187. The number of fused-ring (bicyclic) bond motifs is 1. The zero-order chi connectivity index (χ0) is 21.9. The Bertz CT molecular complexity index is 1220. The molecule has 1 aliphatic heterocycles. The van der Waals surface area contributed by atoms with Gasteiger partial charge in [-0.15, -0.1) is 0 Å². The molecule has 6 nitrogen and oxygen atoms in total. The standard InChI is InChI=1S/C26H25N3O3/c30-25(27-22-10-13-28(14-11-22)26(31)21-12-15-32-18-21)17-29-23-9-5-4-8-20(23)16-24(29)19-6-2-1-3-7-19/h1-9,12,15-16,18,22H,10-11,13-14,17H2,(H,27,30).